The summed E-state index contributed by atoms with van der Waals surface area (Å²) in [5.41, 5.74) is 0. The highest BCUT2D eigenvalue weighted by Crippen LogP contribution is 2.43. The molecular formula is C18H26O4. The molecule has 0 heterocycles. The van der Waals surface area contributed by atoms with Gasteiger partial charge in [0.05, 0.1) is 5.92 Å². The Balaban J connectivity index is 1.38. The van der Waals surface area contributed by atoms with Gasteiger partial charge in [0, 0.05) is 0 Å². The van der Waals surface area contributed by atoms with Crippen LogP contribution in [0.1, 0.15) is 57.8 Å². The van der Waals surface area contributed by atoms with Gasteiger partial charge in [-0.25, -0.2) is 4.79 Å². The summed E-state index contributed by atoms with van der Waals surface area (Å²) in [6.45, 7) is -0.229. The maximum absolute atomic E-state index is 12.1. The fraction of sp³-hybridized carbons (Fsp3) is 0.778. The monoisotopic (exact) mass is 306 g/mol. The number of fused-ring (bicyclic) bond motifs is 2. The van der Waals surface area contributed by atoms with E-state index in [2.05, 4.69) is 12.2 Å². The first-order valence-corrected chi connectivity index (χ1v) is 8.77. The Labute approximate surface area is 132 Å². The first-order valence-electron chi connectivity index (χ1n) is 8.77. The summed E-state index contributed by atoms with van der Waals surface area (Å²) < 4.78 is 10.7. The largest absolute Gasteiger partial charge is 0.460 e. The highest BCUT2D eigenvalue weighted by atomic mass is 16.6. The maximum atomic E-state index is 12.1. The van der Waals surface area contributed by atoms with E-state index < -0.39 is 5.97 Å². The number of carbonyl (C=O) groups excluding carboxylic acids is 2. The summed E-state index contributed by atoms with van der Waals surface area (Å²) in [6.07, 6.45) is 14.1. The maximum Gasteiger partial charge on any atom is 0.344 e. The molecule has 3 atom stereocenters. The van der Waals surface area contributed by atoms with Gasteiger partial charge in [-0.15, -0.1) is 0 Å². The van der Waals surface area contributed by atoms with Gasteiger partial charge in [-0.1, -0.05) is 31.4 Å². The van der Waals surface area contributed by atoms with Crippen molar-refractivity contribution in [1.29, 1.82) is 0 Å². The van der Waals surface area contributed by atoms with Gasteiger partial charge in [0.1, 0.15) is 6.10 Å². The van der Waals surface area contributed by atoms with E-state index in [4.69, 9.17) is 9.47 Å². The third-order valence-electron chi connectivity index (χ3n) is 5.26. The molecule has 0 aromatic rings. The lowest BCUT2D eigenvalue weighted by Gasteiger charge is -2.21. The standard InChI is InChI=1S/C18H26O4/c19-17(22-15-6-4-2-1-3-5-7-15)12-21-18(20)16-11-13-8-9-14(16)10-13/h8-9,13-16H,1-7,10-12H2. The average Bonchev–Trinajstić information content (AvgIpc) is 3.10. The van der Waals surface area contributed by atoms with Crippen LogP contribution >= 0.6 is 0 Å². The highest BCUT2D eigenvalue weighted by molar-refractivity contribution is 5.78. The Bertz CT molecular complexity index is 434. The van der Waals surface area contributed by atoms with Gasteiger partial charge >= 0.3 is 11.9 Å². The minimum Gasteiger partial charge on any atom is -0.460 e. The fourth-order valence-corrected chi connectivity index (χ4v) is 4.05. The van der Waals surface area contributed by atoms with Crippen molar-refractivity contribution in [2.75, 3.05) is 6.61 Å². The predicted molar refractivity (Wildman–Crippen MR) is 82.0 cm³/mol. The molecule has 3 rings (SSSR count). The molecule has 122 valence electrons. The molecule has 0 radical (unpaired) electrons. The molecule has 4 heteroatoms. The zero-order chi connectivity index (χ0) is 15.4. The lowest BCUT2D eigenvalue weighted by Crippen LogP contribution is -2.27. The zero-order valence-electron chi connectivity index (χ0n) is 13.2. The van der Waals surface area contributed by atoms with E-state index in [9.17, 15) is 9.59 Å². The summed E-state index contributed by atoms with van der Waals surface area (Å²) in [5.74, 6) is 0.178. The minimum atomic E-state index is -0.391. The van der Waals surface area contributed by atoms with Crippen LogP contribution in [0.15, 0.2) is 12.2 Å². The van der Waals surface area contributed by atoms with Gasteiger partial charge in [-0.2, -0.15) is 0 Å². The van der Waals surface area contributed by atoms with E-state index in [1.54, 1.807) is 0 Å². The third-order valence-corrected chi connectivity index (χ3v) is 5.26. The first-order chi connectivity index (χ1) is 10.7. The highest BCUT2D eigenvalue weighted by Gasteiger charge is 2.40. The summed E-state index contributed by atoms with van der Waals surface area (Å²) in [4.78, 5) is 23.9. The molecule has 2 fully saturated rings. The molecule has 0 aromatic heterocycles. The molecule has 0 aromatic carbocycles. The number of rotatable bonds is 4. The van der Waals surface area contributed by atoms with Crippen molar-refractivity contribution in [2.45, 2.75) is 63.9 Å². The van der Waals surface area contributed by atoms with Gasteiger partial charge < -0.3 is 9.47 Å². The summed E-state index contributed by atoms with van der Waals surface area (Å²) in [5, 5.41) is 0. The molecule has 4 nitrogen and oxygen atoms in total. The second-order valence-electron chi connectivity index (χ2n) is 6.95. The molecule has 2 saturated carbocycles. The van der Waals surface area contributed by atoms with Crippen molar-refractivity contribution in [3.05, 3.63) is 12.2 Å². The smallest absolute Gasteiger partial charge is 0.344 e. The Morgan fingerprint density at radius 1 is 0.955 bits per heavy atom. The topological polar surface area (TPSA) is 52.6 Å². The quantitative estimate of drug-likeness (QED) is 0.590. The van der Waals surface area contributed by atoms with Crippen LogP contribution in [0.3, 0.4) is 0 Å². The number of carbonyl (C=O) groups is 2. The Hall–Kier alpha value is -1.32. The number of esters is 2. The van der Waals surface area contributed by atoms with Gasteiger partial charge in [-0.3, -0.25) is 4.79 Å². The number of hydrogen-bond acceptors (Lipinski definition) is 4. The second-order valence-corrected chi connectivity index (χ2v) is 6.95. The normalized spacial score (nSPS) is 31.5. The molecule has 22 heavy (non-hydrogen) atoms. The second kappa shape index (κ2) is 7.30. The number of allylic oxidation sites excluding steroid dienone is 2. The molecule has 0 amide bonds. The molecule has 0 N–H and O–H groups in total. The van der Waals surface area contributed by atoms with E-state index in [0.29, 0.717) is 11.8 Å². The van der Waals surface area contributed by atoms with Crippen LogP contribution < -0.4 is 0 Å². The van der Waals surface area contributed by atoms with Crippen LogP contribution in [-0.2, 0) is 19.1 Å². The van der Waals surface area contributed by atoms with Crippen LogP contribution in [0, 0.1) is 17.8 Å². The molecule has 3 unspecified atom stereocenters. The Morgan fingerprint density at radius 3 is 2.32 bits per heavy atom. The van der Waals surface area contributed by atoms with E-state index in [1.165, 1.54) is 19.3 Å². The average molecular weight is 306 g/mol. The molecule has 0 saturated heterocycles. The summed E-state index contributed by atoms with van der Waals surface area (Å²) >= 11 is 0. The van der Waals surface area contributed by atoms with Gasteiger partial charge in [0.2, 0.25) is 0 Å². The van der Waals surface area contributed by atoms with Crippen LogP contribution in [0.5, 0.6) is 0 Å². The first kappa shape index (κ1) is 15.6. The lowest BCUT2D eigenvalue weighted by molar-refractivity contribution is -0.165. The van der Waals surface area contributed by atoms with Crippen molar-refractivity contribution in [1.82, 2.24) is 0 Å². The van der Waals surface area contributed by atoms with E-state index >= 15 is 0 Å². The number of hydrogen-bond donors (Lipinski definition) is 0. The van der Waals surface area contributed by atoms with Crippen molar-refractivity contribution < 1.29 is 19.1 Å². The molecule has 2 bridgehead atoms. The van der Waals surface area contributed by atoms with Gasteiger partial charge in [-0.05, 0) is 50.4 Å². The fourth-order valence-electron chi connectivity index (χ4n) is 4.05. The number of ether oxygens (including phenoxy) is 2. The van der Waals surface area contributed by atoms with E-state index in [0.717, 1.165) is 38.5 Å². The predicted octanol–water partition coefficient (Wildman–Crippen LogP) is 3.40. The summed E-state index contributed by atoms with van der Waals surface area (Å²) in [6, 6.07) is 0. The molecule has 0 aliphatic heterocycles. The molecule has 3 aliphatic rings. The van der Waals surface area contributed by atoms with Crippen LogP contribution in [-0.4, -0.2) is 24.6 Å². The Morgan fingerprint density at radius 2 is 1.68 bits per heavy atom. The van der Waals surface area contributed by atoms with Crippen LogP contribution in [0.25, 0.3) is 0 Å². The third kappa shape index (κ3) is 3.90. The van der Waals surface area contributed by atoms with E-state index in [-0.39, 0.29) is 24.6 Å². The van der Waals surface area contributed by atoms with Gasteiger partial charge in [0.15, 0.2) is 6.61 Å². The van der Waals surface area contributed by atoms with Crippen molar-refractivity contribution >= 4 is 11.9 Å². The van der Waals surface area contributed by atoms with Crippen LogP contribution in [0.2, 0.25) is 0 Å². The van der Waals surface area contributed by atoms with E-state index in [1.807, 2.05) is 0 Å². The Kier molecular flexibility index (Phi) is 5.16. The van der Waals surface area contributed by atoms with Crippen LogP contribution in [0.4, 0.5) is 0 Å². The minimum absolute atomic E-state index is 0.0110. The molecule has 0 spiro atoms. The van der Waals surface area contributed by atoms with Gasteiger partial charge in [0.25, 0.3) is 0 Å². The lowest BCUT2D eigenvalue weighted by atomic mass is 9.94. The SMILES string of the molecule is O=C(COC(=O)C1CC2C=CC1C2)OC1CCCCCCC1. The molecular weight excluding hydrogens is 280 g/mol. The van der Waals surface area contributed by atoms with Crippen molar-refractivity contribution in [2.24, 2.45) is 17.8 Å². The van der Waals surface area contributed by atoms with Crippen molar-refractivity contribution in [3.8, 4) is 0 Å². The van der Waals surface area contributed by atoms with Crippen molar-refractivity contribution in [3.63, 3.8) is 0 Å². The zero-order valence-corrected chi connectivity index (χ0v) is 13.2. The molecule has 3 aliphatic carbocycles. The summed E-state index contributed by atoms with van der Waals surface area (Å²) in [7, 11) is 0.